The minimum absolute atomic E-state index is 0.199. The molecule has 0 spiro atoms. The quantitative estimate of drug-likeness (QED) is 0.870. The van der Waals surface area contributed by atoms with Gasteiger partial charge in [0.25, 0.3) is 0 Å². The first kappa shape index (κ1) is 13.7. The molecule has 0 aliphatic carbocycles. The second kappa shape index (κ2) is 5.52. The van der Waals surface area contributed by atoms with E-state index in [1.54, 1.807) is 11.0 Å². The van der Waals surface area contributed by atoms with E-state index in [-0.39, 0.29) is 6.04 Å². The average Bonchev–Trinajstić information content (AvgIpc) is 2.89. The van der Waals surface area contributed by atoms with Gasteiger partial charge in [-0.05, 0) is 32.3 Å². The van der Waals surface area contributed by atoms with Gasteiger partial charge in [-0.25, -0.2) is 4.98 Å². The summed E-state index contributed by atoms with van der Waals surface area (Å²) in [5.41, 5.74) is 9.54. The standard InChI is InChI=1S/C13H22N6/c1-5-11(14)6-12-9(2)17-19(10(12)3)7-13-15-8-16-18(13)4/h8,11H,5-7,14H2,1-4H3. The lowest BCUT2D eigenvalue weighted by Gasteiger charge is -2.09. The van der Waals surface area contributed by atoms with E-state index in [0.29, 0.717) is 6.54 Å². The zero-order valence-corrected chi connectivity index (χ0v) is 12.1. The van der Waals surface area contributed by atoms with Gasteiger partial charge in [0.1, 0.15) is 18.7 Å². The van der Waals surface area contributed by atoms with Crippen LogP contribution in [0.15, 0.2) is 6.33 Å². The molecule has 0 aliphatic heterocycles. The highest BCUT2D eigenvalue weighted by molar-refractivity contribution is 5.25. The zero-order chi connectivity index (χ0) is 14.0. The molecule has 2 aromatic heterocycles. The maximum atomic E-state index is 6.05. The lowest BCUT2D eigenvalue weighted by molar-refractivity contribution is 0.590. The van der Waals surface area contributed by atoms with Crippen LogP contribution in [-0.4, -0.2) is 30.6 Å². The van der Waals surface area contributed by atoms with E-state index in [1.807, 2.05) is 18.7 Å². The van der Waals surface area contributed by atoms with Gasteiger partial charge in [0.05, 0.1) is 5.69 Å². The highest BCUT2D eigenvalue weighted by Gasteiger charge is 2.15. The van der Waals surface area contributed by atoms with E-state index in [1.165, 1.54) is 11.3 Å². The largest absolute Gasteiger partial charge is 0.327 e. The summed E-state index contributed by atoms with van der Waals surface area (Å²) in [5.74, 6) is 0.900. The maximum absolute atomic E-state index is 6.05. The highest BCUT2D eigenvalue weighted by Crippen LogP contribution is 2.16. The van der Waals surface area contributed by atoms with Crippen LogP contribution in [0.5, 0.6) is 0 Å². The number of aromatic nitrogens is 5. The highest BCUT2D eigenvalue weighted by atomic mass is 15.4. The fraction of sp³-hybridized carbons (Fsp3) is 0.615. The molecule has 2 rings (SSSR count). The third-order valence-corrected chi connectivity index (χ3v) is 3.62. The molecule has 0 saturated heterocycles. The van der Waals surface area contributed by atoms with Crippen molar-refractivity contribution < 1.29 is 0 Å². The van der Waals surface area contributed by atoms with Crippen LogP contribution in [0.2, 0.25) is 0 Å². The fourth-order valence-electron chi connectivity index (χ4n) is 2.19. The first-order valence-corrected chi connectivity index (χ1v) is 6.64. The van der Waals surface area contributed by atoms with Crippen molar-refractivity contribution >= 4 is 0 Å². The first-order chi connectivity index (χ1) is 9.02. The molecule has 0 amide bonds. The van der Waals surface area contributed by atoms with Crippen LogP contribution in [0, 0.1) is 13.8 Å². The van der Waals surface area contributed by atoms with Crippen LogP contribution in [0.3, 0.4) is 0 Å². The van der Waals surface area contributed by atoms with Crippen molar-refractivity contribution in [3.8, 4) is 0 Å². The van der Waals surface area contributed by atoms with Crippen LogP contribution in [0.4, 0.5) is 0 Å². The number of hydrogen-bond acceptors (Lipinski definition) is 4. The average molecular weight is 262 g/mol. The number of rotatable bonds is 5. The molecule has 0 fully saturated rings. The summed E-state index contributed by atoms with van der Waals surface area (Å²) in [7, 11) is 1.89. The lowest BCUT2D eigenvalue weighted by atomic mass is 10.0. The van der Waals surface area contributed by atoms with Gasteiger partial charge in [0.15, 0.2) is 0 Å². The van der Waals surface area contributed by atoms with Gasteiger partial charge in [-0.1, -0.05) is 6.92 Å². The van der Waals surface area contributed by atoms with Crippen molar-refractivity contribution in [2.75, 3.05) is 0 Å². The summed E-state index contributed by atoms with van der Waals surface area (Å²) in [6.07, 6.45) is 3.43. The SMILES string of the molecule is CCC(N)Cc1c(C)nn(Cc2ncnn2C)c1C. The Hall–Kier alpha value is -1.69. The van der Waals surface area contributed by atoms with Crippen LogP contribution in [0.1, 0.15) is 36.1 Å². The fourth-order valence-corrected chi connectivity index (χ4v) is 2.19. The Morgan fingerprint density at radius 2 is 2.11 bits per heavy atom. The molecule has 0 saturated carbocycles. The Kier molecular flexibility index (Phi) is 3.99. The van der Waals surface area contributed by atoms with Crippen molar-refractivity contribution in [1.82, 2.24) is 24.5 Å². The minimum Gasteiger partial charge on any atom is -0.327 e. The summed E-state index contributed by atoms with van der Waals surface area (Å²) in [5, 5.41) is 8.67. The normalized spacial score (nSPS) is 12.9. The molecule has 0 radical (unpaired) electrons. The number of nitrogens with two attached hydrogens (primary N) is 1. The second-order valence-electron chi connectivity index (χ2n) is 4.98. The monoisotopic (exact) mass is 262 g/mol. The molecule has 0 aromatic carbocycles. The van der Waals surface area contributed by atoms with Crippen LogP contribution in [0.25, 0.3) is 0 Å². The van der Waals surface area contributed by atoms with Crippen molar-refractivity contribution in [1.29, 1.82) is 0 Å². The molecule has 2 N–H and O–H groups in total. The van der Waals surface area contributed by atoms with E-state index in [9.17, 15) is 0 Å². The summed E-state index contributed by atoms with van der Waals surface area (Å²) < 4.78 is 3.75. The van der Waals surface area contributed by atoms with E-state index < -0.39 is 0 Å². The Morgan fingerprint density at radius 3 is 2.68 bits per heavy atom. The molecule has 19 heavy (non-hydrogen) atoms. The molecule has 2 heterocycles. The molecule has 1 unspecified atom stereocenters. The van der Waals surface area contributed by atoms with Gasteiger partial charge in [-0.2, -0.15) is 10.2 Å². The Labute approximate surface area is 113 Å². The van der Waals surface area contributed by atoms with Gasteiger partial charge >= 0.3 is 0 Å². The smallest absolute Gasteiger partial charge is 0.148 e. The molecule has 0 aliphatic rings. The van der Waals surface area contributed by atoms with Crippen molar-refractivity contribution in [3.63, 3.8) is 0 Å². The van der Waals surface area contributed by atoms with Crippen molar-refractivity contribution in [2.24, 2.45) is 12.8 Å². The molecule has 0 bridgehead atoms. The van der Waals surface area contributed by atoms with Crippen LogP contribution >= 0.6 is 0 Å². The topological polar surface area (TPSA) is 74.6 Å². The van der Waals surface area contributed by atoms with Crippen molar-refractivity contribution in [3.05, 3.63) is 29.1 Å². The Balaban J connectivity index is 2.23. The third kappa shape index (κ3) is 2.84. The number of nitrogens with zero attached hydrogens (tertiary/aromatic N) is 5. The molecular formula is C13H22N6. The number of aryl methyl sites for hydroxylation is 2. The third-order valence-electron chi connectivity index (χ3n) is 3.62. The maximum Gasteiger partial charge on any atom is 0.148 e. The summed E-state index contributed by atoms with van der Waals surface area (Å²) in [4.78, 5) is 4.23. The van der Waals surface area contributed by atoms with Gasteiger partial charge in [-0.15, -0.1) is 0 Å². The summed E-state index contributed by atoms with van der Waals surface area (Å²) in [6, 6.07) is 0.199. The predicted octanol–water partition coefficient (Wildman–Crippen LogP) is 0.957. The molecule has 6 nitrogen and oxygen atoms in total. The number of hydrogen-bond donors (Lipinski definition) is 1. The molecular weight excluding hydrogens is 240 g/mol. The summed E-state index contributed by atoms with van der Waals surface area (Å²) >= 11 is 0. The van der Waals surface area contributed by atoms with Gasteiger partial charge < -0.3 is 5.73 Å². The minimum atomic E-state index is 0.199. The van der Waals surface area contributed by atoms with Crippen LogP contribution < -0.4 is 5.73 Å². The van der Waals surface area contributed by atoms with Gasteiger partial charge in [0, 0.05) is 18.8 Å². The van der Waals surface area contributed by atoms with Crippen LogP contribution in [-0.2, 0) is 20.0 Å². The van der Waals surface area contributed by atoms with Gasteiger partial charge in [0.2, 0.25) is 0 Å². The summed E-state index contributed by atoms with van der Waals surface area (Å²) in [6.45, 7) is 6.88. The molecule has 1 atom stereocenters. The Morgan fingerprint density at radius 1 is 1.37 bits per heavy atom. The lowest BCUT2D eigenvalue weighted by Crippen LogP contribution is -2.22. The van der Waals surface area contributed by atoms with E-state index in [2.05, 4.69) is 29.0 Å². The molecule has 2 aromatic rings. The van der Waals surface area contributed by atoms with Gasteiger partial charge in [-0.3, -0.25) is 9.36 Å². The zero-order valence-electron chi connectivity index (χ0n) is 12.1. The van der Waals surface area contributed by atoms with E-state index >= 15 is 0 Å². The Bertz CT molecular complexity index is 553. The predicted molar refractivity (Wildman–Crippen MR) is 73.8 cm³/mol. The van der Waals surface area contributed by atoms with E-state index in [4.69, 9.17) is 5.73 Å². The second-order valence-corrected chi connectivity index (χ2v) is 4.98. The molecule has 6 heteroatoms. The molecule has 104 valence electrons. The first-order valence-electron chi connectivity index (χ1n) is 6.64. The van der Waals surface area contributed by atoms with Crippen molar-refractivity contribution in [2.45, 2.75) is 46.2 Å². The van der Waals surface area contributed by atoms with E-state index in [0.717, 1.165) is 24.4 Å².